The van der Waals surface area contributed by atoms with E-state index in [2.05, 4.69) is 39.8 Å². The van der Waals surface area contributed by atoms with Gasteiger partial charge in [0, 0.05) is 31.3 Å². The van der Waals surface area contributed by atoms with Crippen LogP contribution in [-0.4, -0.2) is 50.5 Å². The van der Waals surface area contributed by atoms with Crippen molar-refractivity contribution in [2.75, 3.05) is 20.2 Å². The first-order chi connectivity index (χ1) is 14.4. The maximum Gasteiger partial charge on any atom is 0.258 e. The van der Waals surface area contributed by atoms with E-state index in [0.29, 0.717) is 12.8 Å². The Hall–Kier alpha value is -1.50. The molecule has 2 fully saturated rings. The summed E-state index contributed by atoms with van der Waals surface area (Å²) >= 11 is 0. The van der Waals surface area contributed by atoms with Crippen LogP contribution in [0.5, 0.6) is 0 Å². The third kappa shape index (κ3) is 4.27. The number of rotatable bonds is 5. The number of carbonyl (C=O) groups excluding carboxylic acids is 2. The summed E-state index contributed by atoms with van der Waals surface area (Å²) in [6.07, 6.45) is 2.65. The molecule has 0 N–H and O–H groups in total. The van der Waals surface area contributed by atoms with Crippen molar-refractivity contribution in [1.29, 1.82) is 0 Å². The summed E-state index contributed by atoms with van der Waals surface area (Å²) in [5.41, 5.74) is 3.35. The van der Waals surface area contributed by atoms with Crippen molar-refractivity contribution in [1.82, 2.24) is 5.06 Å². The minimum atomic E-state index is -0.626. The summed E-state index contributed by atoms with van der Waals surface area (Å²) in [6, 6.07) is 4.29. The minimum Gasteiger partial charge on any atom is -0.438 e. The van der Waals surface area contributed by atoms with Crippen LogP contribution in [0.2, 0.25) is 0 Å². The standard InChI is InChI=1S/C25H38BNO4/c1-16-12-18(23(3,4)24(5,6)31-26)13-17(2)21(16)22-19(28)14-25(15-20(22)29)8-10-27(30-7)11-9-25/h12-13,22H,8-11,14-15,26H2,1-7H3. The molecule has 0 radical (unpaired) electrons. The number of hydrogen-bond donors (Lipinski definition) is 0. The molecule has 1 aliphatic heterocycles. The Kier molecular flexibility index (Phi) is 6.59. The molecule has 6 heteroatoms. The lowest BCUT2D eigenvalue weighted by Crippen LogP contribution is -2.47. The van der Waals surface area contributed by atoms with Crippen LogP contribution in [0.25, 0.3) is 0 Å². The van der Waals surface area contributed by atoms with Gasteiger partial charge in [-0.25, -0.2) is 0 Å². The van der Waals surface area contributed by atoms with Gasteiger partial charge in [0.1, 0.15) is 17.5 Å². The van der Waals surface area contributed by atoms with Gasteiger partial charge in [0.05, 0.1) is 12.7 Å². The van der Waals surface area contributed by atoms with E-state index in [0.717, 1.165) is 48.2 Å². The number of ketones is 2. The van der Waals surface area contributed by atoms with E-state index in [9.17, 15) is 9.59 Å². The second-order valence-electron chi connectivity index (χ2n) is 10.7. The number of piperidine rings is 1. The second-order valence-corrected chi connectivity index (χ2v) is 10.7. The molecule has 1 saturated heterocycles. The predicted octanol–water partition coefficient (Wildman–Crippen LogP) is 3.58. The third-order valence-electron chi connectivity index (χ3n) is 8.40. The van der Waals surface area contributed by atoms with Gasteiger partial charge in [-0.05, 0) is 68.2 Å². The van der Waals surface area contributed by atoms with Crippen LogP contribution >= 0.6 is 0 Å². The molecule has 31 heavy (non-hydrogen) atoms. The molecule has 1 spiro atoms. The Labute approximate surface area is 188 Å². The summed E-state index contributed by atoms with van der Waals surface area (Å²) in [6.45, 7) is 14.2. The highest BCUT2D eigenvalue weighted by Crippen LogP contribution is 2.47. The molecular weight excluding hydrogens is 389 g/mol. The highest BCUT2D eigenvalue weighted by molar-refractivity contribution is 6.10. The van der Waals surface area contributed by atoms with Gasteiger partial charge in [-0.1, -0.05) is 26.0 Å². The topological polar surface area (TPSA) is 55.8 Å². The van der Waals surface area contributed by atoms with Crippen molar-refractivity contribution in [3.8, 4) is 0 Å². The summed E-state index contributed by atoms with van der Waals surface area (Å²) in [4.78, 5) is 32.0. The molecular formula is C25H38BNO4. The van der Waals surface area contributed by atoms with Crippen LogP contribution in [0.4, 0.5) is 0 Å². The molecule has 1 aromatic rings. The predicted molar refractivity (Wildman–Crippen MR) is 125 cm³/mol. The fourth-order valence-electron chi connectivity index (χ4n) is 5.40. The highest BCUT2D eigenvalue weighted by Gasteiger charge is 2.48. The smallest absolute Gasteiger partial charge is 0.258 e. The van der Waals surface area contributed by atoms with Crippen LogP contribution in [0.3, 0.4) is 0 Å². The average molecular weight is 427 g/mol. The van der Waals surface area contributed by atoms with Crippen LogP contribution in [0.1, 0.15) is 81.5 Å². The molecule has 170 valence electrons. The van der Waals surface area contributed by atoms with Gasteiger partial charge in [0.15, 0.2) is 0 Å². The maximum absolute atomic E-state index is 13.3. The normalized spacial score (nSPS) is 21.1. The molecule has 0 amide bonds. The van der Waals surface area contributed by atoms with Crippen molar-refractivity contribution in [2.45, 2.75) is 84.2 Å². The molecule has 3 rings (SSSR count). The van der Waals surface area contributed by atoms with E-state index in [4.69, 9.17) is 9.49 Å². The lowest BCUT2D eigenvalue weighted by atomic mass is 9.62. The summed E-state index contributed by atoms with van der Waals surface area (Å²) in [5.74, 6) is -0.464. The zero-order valence-corrected chi connectivity index (χ0v) is 20.6. The third-order valence-corrected chi connectivity index (χ3v) is 8.40. The first kappa shape index (κ1) is 24.2. The van der Waals surface area contributed by atoms with Crippen molar-refractivity contribution >= 4 is 19.6 Å². The summed E-state index contributed by atoms with van der Waals surface area (Å²) in [5, 5.41) is 1.92. The molecule has 5 nitrogen and oxygen atoms in total. The van der Waals surface area contributed by atoms with Gasteiger partial charge >= 0.3 is 0 Å². The average Bonchev–Trinajstić information content (AvgIpc) is 2.69. The number of aryl methyl sites for hydroxylation is 2. The van der Waals surface area contributed by atoms with Crippen molar-refractivity contribution in [3.05, 3.63) is 34.4 Å². The van der Waals surface area contributed by atoms with Gasteiger partial charge in [-0.3, -0.25) is 9.59 Å². The van der Waals surface area contributed by atoms with Gasteiger partial charge in [0.25, 0.3) is 8.05 Å². The molecule has 0 bridgehead atoms. The van der Waals surface area contributed by atoms with Crippen molar-refractivity contribution < 1.29 is 19.1 Å². The Morgan fingerprint density at radius 2 is 1.48 bits per heavy atom. The SMILES string of the molecule is BOC(C)(C)C(C)(C)c1cc(C)c(C2C(=O)CC3(CCN(OC)CC3)CC2=O)c(C)c1. The fraction of sp³-hybridized carbons (Fsp3) is 0.680. The number of nitrogens with zero attached hydrogens (tertiary/aromatic N) is 1. The second kappa shape index (κ2) is 8.45. The Balaban J connectivity index is 1.90. The Morgan fingerprint density at radius 1 is 1.00 bits per heavy atom. The molecule has 0 aromatic heterocycles. The van der Waals surface area contributed by atoms with E-state index in [1.54, 1.807) is 15.2 Å². The first-order valence-corrected chi connectivity index (χ1v) is 11.4. The van der Waals surface area contributed by atoms with E-state index < -0.39 is 5.92 Å². The summed E-state index contributed by atoms with van der Waals surface area (Å²) < 4.78 is 5.78. The highest BCUT2D eigenvalue weighted by atomic mass is 16.7. The summed E-state index contributed by atoms with van der Waals surface area (Å²) in [7, 11) is 3.41. The molecule has 1 heterocycles. The number of hydroxylamine groups is 2. The quantitative estimate of drug-likeness (QED) is 0.531. The van der Waals surface area contributed by atoms with E-state index in [1.807, 2.05) is 18.9 Å². The molecule has 1 aromatic carbocycles. The van der Waals surface area contributed by atoms with E-state index in [1.165, 1.54) is 0 Å². The minimum absolute atomic E-state index is 0.0811. The number of benzene rings is 1. The van der Waals surface area contributed by atoms with Gasteiger partial charge in [-0.15, -0.1) is 0 Å². The Morgan fingerprint density at radius 3 is 1.90 bits per heavy atom. The van der Waals surface area contributed by atoms with Crippen LogP contribution in [-0.2, 0) is 24.5 Å². The molecule has 1 saturated carbocycles. The fourth-order valence-corrected chi connectivity index (χ4v) is 5.40. The number of hydrogen-bond acceptors (Lipinski definition) is 5. The molecule has 1 aliphatic carbocycles. The van der Waals surface area contributed by atoms with Crippen LogP contribution in [0, 0.1) is 19.3 Å². The zero-order chi connectivity index (χ0) is 23.2. The van der Waals surface area contributed by atoms with E-state index >= 15 is 0 Å². The lowest BCUT2D eigenvalue weighted by molar-refractivity contribution is -0.166. The van der Waals surface area contributed by atoms with Gasteiger partial charge in [-0.2, -0.15) is 5.06 Å². The van der Waals surface area contributed by atoms with Crippen LogP contribution in [0.15, 0.2) is 12.1 Å². The molecule has 0 atom stereocenters. The van der Waals surface area contributed by atoms with Crippen molar-refractivity contribution in [3.63, 3.8) is 0 Å². The van der Waals surface area contributed by atoms with Gasteiger partial charge < -0.3 is 9.49 Å². The zero-order valence-electron chi connectivity index (χ0n) is 20.6. The monoisotopic (exact) mass is 427 g/mol. The molecule has 0 unspecified atom stereocenters. The lowest BCUT2D eigenvalue weighted by Gasteiger charge is -2.44. The number of carbonyl (C=O) groups is 2. The first-order valence-electron chi connectivity index (χ1n) is 11.4. The Bertz CT molecular complexity index is 825. The number of Topliss-reactive ketones (excluding diaryl/α,β-unsaturated/α-hetero) is 2. The van der Waals surface area contributed by atoms with Crippen molar-refractivity contribution in [2.24, 2.45) is 5.41 Å². The molecule has 2 aliphatic rings. The van der Waals surface area contributed by atoms with E-state index in [-0.39, 0.29) is 28.0 Å². The maximum atomic E-state index is 13.3. The van der Waals surface area contributed by atoms with Gasteiger partial charge in [0.2, 0.25) is 0 Å². The van der Waals surface area contributed by atoms with Crippen LogP contribution < -0.4 is 0 Å². The largest absolute Gasteiger partial charge is 0.438 e.